The maximum Gasteiger partial charge on any atom is 0.387 e. The summed E-state index contributed by atoms with van der Waals surface area (Å²) in [6.45, 7) is -2.46. The summed E-state index contributed by atoms with van der Waals surface area (Å²) in [5.74, 6) is 0.442. The van der Waals surface area contributed by atoms with Gasteiger partial charge in [-0.1, -0.05) is 16.8 Å². The number of aromatic nitrogens is 2. The SMILES string of the molecule is O=C1CC(c2nc(-c3ccc(OC(F)F)cc3)no2)CN1c1ccc(Cl)cc1. The zero-order valence-corrected chi connectivity index (χ0v) is 15.1. The summed E-state index contributed by atoms with van der Waals surface area (Å²) in [5.41, 5.74) is 1.35. The number of hydrogen-bond acceptors (Lipinski definition) is 5. The van der Waals surface area contributed by atoms with Crippen molar-refractivity contribution in [1.29, 1.82) is 0 Å². The van der Waals surface area contributed by atoms with Crippen molar-refractivity contribution in [2.45, 2.75) is 19.0 Å². The van der Waals surface area contributed by atoms with Crippen molar-refractivity contribution in [2.75, 3.05) is 11.4 Å². The van der Waals surface area contributed by atoms with E-state index in [2.05, 4.69) is 14.9 Å². The molecule has 3 aromatic rings. The van der Waals surface area contributed by atoms with Crippen molar-refractivity contribution in [3.8, 4) is 17.1 Å². The highest BCUT2D eigenvalue weighted by molar-refractivity contribution is 6.30. The number of carbonyl (C=O) groups is 1. The summed E-state index contributed by atoms with van der Waals surface area (Å²) in [4.78, 5) is 18.4. The van der Waals surface area contributed by atoms with Crippen molar-refractivity contribution in [3.05, 3.63) is 59.4 Å². The Balaban J connectivity index is 1.48. The highest BCUT2D eigenvalue weighted by atomic mass is 35.5. The van der Waals surface area contributed by atoms with Crippen LogP contribution in [0, 0.1) is 0 Å². The average molecular weight is 406 g/mol. The number of halogens is 3. The second-order valence-electron chi connectivity index (χ2n) is 6.24. The highest BCUT2D eigenvalue weighted by Gasteiger charge is 2.35. The lowest BCUT2D eigenvalue weighted by molar-refractivity contribution is -0.117. The van der Waals surface area contributed by atoms with Crippen LogP contribution in [0.15, 0.2) is 53.1 Å². The first kappa shape index (κ1) is 18.4. The Morgan fingerprint density at radius 3 is 2.54 bits per heavy atom. The van der Waals surface area contributed by atoms with Crippen LogP contribution >= 0.6 is 11.6 Å². The molecule has 0 radical (unpaired) electrons. The molecule has 1 fully saturated rings. The smallest absolute Gasteiger partial charge is 0.387 e. The average Bonchev–Trinajstić information content (AvgIpc) is 3.30. The van der Waals surface area contributed by atoms with Crippen LogP contribution in [0.5, 0.6) is 5.75 Å². The lowest BCUT2D eigenvalue weighted by Gasteiger charge is -2.15. The molecule has 1 aromatic heterocycles. The molecule has 1 amide bonds. The van der Waals surface area contributed by atoms with Crippen molar-refractivity contribution in [1.82, 2.24) is 10.1 Å². The van der Waals surface area contributed by atoms with Crippen LogP contribution < -0.4 is 9.64 Å². The van der Waals surface area contributed by atoms with Crippen LogP contribution in [0.2, 0.25) is 5.02 Å². The van der Waals surface area contributed by atoms with Gasteiger partial charge in [-0.2, -0.15) is 13.8 Å². The fourth-order valence-corrected chi connectivity index (χ4v) is 3.17. The second-order valence-corrected chi connectivity index (χ2v) is 6.68. The van der Waals surface area contributed by atoms with Gasteiger partial charge in [-0.05, 0) is 48.5 Å². The molecule has 6 nitrogen and oxygen atoms in total. The summed E-state index contributed by atoms with van der Waals surface area (Å²) in [7, 11) is 0. The lowest BCUT2D eigenvalue weighted by atomic mass is 10.1. The Hall–Kier alpha value is -3.00. The molecule has 1 aliphatic heterocycles. The number of nitrogens with zero attached hydrogens (tertiary/aromatic N) is 3. The molecule has 1 unspecified atom stereocenters. The minimum absolute atomic E-state index is 0.0411. The summed E-state index contributed by atoms with van der Waals surface area (Å²) >= 11 is 5.89. The number of rotatable bonds is 5. The Labute approximate surface area is 163 Å². The van der Waals surface area contributed by atoms with E-state index in [-0.39, 0.29) is 24.0 Å². The molecule has 9 heteroatoms. The van der Waals surface area contributed by atoms with E-state index in [1.165, 1.54) is 12.1 Å². The summed E-state index contributed by atoms with van der Waals surface area (Å²) in [6, 6.07) is 12.9. The van der Waals surface area contributed by atoms with E-state index in [1.807, 2.05) is 0 Å². The van der Waals surface area contributed by atoms with Crippen LogP contribution in [0.3, 0.4) is 0 Å². The van der Waals surface area contributed by atoms with Gasteiger partial charge in [-0.25, -0.2) is 0 Å². The number of anilines is 1. The third-order valence-corrected chi connectivity index (χ3v) is 4.64. The van der Waals surface area contributed by atoms with E-state index >= 15 is 0 Å². The molecule has 0 spiro atoms. The Bertz CT molecular complexity index is 977. The molecule has 144 valence electrons. The molecule has 0 bridgehead atoms. The minimum atomic E-state index is -2.88. The van der Waals surface area contributed by atoms with Crippen molar-refractivity contribution < 1.29 is 22.8 Å². The van der Waals surface area contributed by atoms with Crippen LogP contribution in [-0.4, -0.2) is 29.2 Å². The van der Waals surface area contributed by atoms with Gasteiger partial charge in [0, 0.05) is 29.2 Å². The van der Waals surface area contributed by atoms with Crippen molar-refractivity contribution in [3.63, 3.8) is 0 Å². The van der Waals surface area contributed by atoms with E-state index in [0.717, 1.165) is 5.69 Å². The number of alkyl halides is 2. The molecular weight excluding hydrogens is 392 g/mol. The molecule has 2 heterocycles. The molecule has 28 heavy (non-hydrogen) atoms. The monoisotopic (exact) mass is 405 g/mol. The Morgan fingerprint density at radius 1 is 1.14 bits per heavy atom. The first-order chi connectivity index (χ1) is 13.5. The predicted octanol–water partition coefficient (Wildman–Crippen LogP) is 4.51. The Morgan fingerprint density at radius 2 is 1.86 bits per heavy atom. The van der Waals surface area contributed by atoms with Gasteiger partial charge in [0.2, 0.25) is 17.6 Å². The number of benzene rings is 2. The molecule has 0 aliphatic carbocycles. The fraction of sp³-hybridized carbons (Fsp3) is 0.211. The normalized spacial score (nSPS) is 16.8. The molecule has 1 aliphatic rings. The van der Waals surface area contributed by atoms with Gasteiger partial charge < -0.3 is 14.2 Å². The van der Waals surface area contributed by atoms with E-state index in [4.69, 9.17) is 16.1 Å². The van der Waals surface area contributed by atoms with Crippen molar-refractivity contribution >= 4 is 23.2 Å². The van der Waals surface area contributed by atoms with Gasteiger partial charge in [0.05, 0.1) is 5.92 Å². The van der Waals surface area contributed by atoms with Gasteiger partial charge in [0.25, 0.3) is 0 Å². The number of hydrogen-bond donors (Lipinski definition) is 0. The van der Waals surface area contributed by atoms with Gasteiger partial charge in [-0.3, -0.25) is 4.79 Å². The van der Waals surface area contributed by atoms with Crippen LogP contribution in [-0.2, 0) is 4.79 Å². The fourth-order valence-electron chi connectivity index (χ4n) is 3.05. The minimum Gasteiger partial charge on any atom is -0.435 e. The largest absolute Gasteiger partial charge is 0.435 e. The third kappa shape index (κ3) is 3.82. The third-order valence-electron chi connectivity index (χ3n) is 4.39. The molecular formula is C19H14ClF2N3O3. The quantitative estimate of drug-likeness (QED) is 0.624. The van der Waals surface area contributed by atoms with E-state index < -0.39 is 6.61 Å². The van der Waals surface area contributed by atoms with Crippen molar-refractivity contribution in [2.24, 2.45) is 0 Å². The maximum absolute atomic E-state index is 12.4. The molecule has 0 N–H and O–H groups in total. The van der Waals surface area contributed by atoms with Crippen LogP contribution in [0.4, 0.5) is 14.5 Å². The van der Waals surface area contributed by atoms with Gasteiger partial charge in [-0.15, -0.1) is 0 Å². The zero-order chi connectivity index (χ0) is 19.7. The van der Waals surface area contributed by atoms with E-state index in [0.29, 0.717) is 28.8 Å². The van der Waals surface area contributed by atoms with E-state index in [1.54, 1.807) is 41.3 Å². The highest BCUT2D eigenvalue weighted by Crippen LogP contribution is 2.32. The molecule has 1 saturated heterocycles. The summed E-state index contributed by atoms with van der Waals surface area (Å²) in [6.07, 6.45) is 0.255. The van der Waals surface area contributed by atoms with Crippen LogP contribution in [0.1, 0.15) is 18.2 Å². The van der Waals surface area contributed by atoms with Crippen LogP contribution in [0.25, 0.3) is 11.4 Å². The number of carbonyl (C=O) groups excluding carboxylic acids is 1. The maximum atomic E-state index is 12.4. The zero-order valence-electron chi connectivity index (χ0n) is 14.4. The summed E-state index contributed by atoms with van der Waals surface area (Å²) < 4.78 is 34.1. The van der Waals surface area contributed by atoms with Gasteiger partial charge in [0.1, 0.15) is 5.75 Å². The van der Waals surface area contributed by atoms with Gasteiger partial charge in [0.15, 0.2) is 0 Å². The lowest BCUT2D eigenvalue weighted by Crippen LogP contribution is -2.24. The van der Waals surface area contributed by atoms with Gasteiger partial charge >= 0.3 is 6.61 Å². The first-order valence-electron chi connectivity index (χ1n) is 8.44. The molecule has 1 atom stereocenters. The standard InChI is InChI=1S/C19H14ClF2N3O3/c20-13-3-5-14(6-4-13)25-10-12(9-16(25)26)18-23-17(24-28-18)11-1-7-15(8-2-11)27-19(21)22/h1-8,12,19H,9-10H2. The first-order valence-corrected chi connectivity index (χ1v) is 8.82. The topological polar surface area (TPSA) is 68.5 Å². The predicted molar refractivity (Wildman–Crippen MR) is 97.5 cm³/mol. The second kappa shape index (κ2) is 7.55. The molecule has 0 saturated carbocycles. The molecule has 4 rings (SSSR count). The Kier molecular flexibility index (Phi) is 4.95. The number of ether oxygens (including phenoxy) is 1. The molecule has 2 aromatic carbocycles. The number of amides is 1. The summed E-state index contributed by atoms with van der Waals surface area (Å²) in [5, 5.41) is 4.53. The van der Waals surface area contributed by atoms with E-state index in [9.17, 15) is 13.6 Å².